The van der Waals surface area contributed by atoms with Crippen molar-refractivity contribution in [1.29, 1.82) is 0 Å². The molecule has 29 heavy (non-hydrogen) atoms. The second-order valence-electron chi connectivity index (χ2n) is 7.78. The van der Waals surface area contributed by atoms with Gasteiger partial charge >= 0.3 is 0 Å². The second-order valence-corrected chi connectivity index (χ2v) is 7.78. The van der Waals surface area contributed by atoms with Crippen LogP contribution in [-0.2, 0) is 4.79 Å². The number of amides is 1. The Morgan fingerprint density at radius 3 is 2.62 bits per heavy atom. The highest BCUT2D eigenvalue weighted by Crippen LogP contribution is 2.46. The van der Waals surface area contributed by atoms with Crippen molar-refractivity contribution in [3.8, 4) is 11.5 Å². The van der Waals surface area contributed by atoms with E-state index in [1.807, 2.05) is 6.07 Å². The van der Waals surface area contributed by atoms with Crippen molar-refractivity contribution in [2.24, 2.45) is 0 Å². The van der Waals surface area contributed by atoms with Gasteiger partial charge in [0.15, 0.2) is 18.0 Å². The molecule has 0 unspecified atom stereocenters. The summed E-state index contributed by atoms with van der Waals surface area (Å²) in [5.41, 5.74) is 0.985. The maximum atomic E-state index is 13.9. The first-order valence-corrected chi connectivity index (χ1v) is 10.0. The van der Waals surface area contributed by atoms with E-state index in [2.05, 4.69) is 5.32 Å². The summed E-state index contributed by atoms with van der Waals surface area (Å²) in [6.45, 7) is 1.88. The number of carbonyl (C=O) groups is 1. The van der Waals surface area contributed by atoms with E-state index < -0.39 is 17.4 Å². The summed E-state index contributed by atoms with van der Waals surface area (Å²) < 4.78 is 39.0. The van der Waals surface area contributed by atoms with Crippen molar-refractivity contribution >= 4 is 11.6 Å². The molecule has 1 aliphatic heterocycles. The van der Waals surface area contributed by atoms with Crippen molar-refractivity contribution < 1.29 is 28.4 Å². The minimum atomic E-state index is -0.617. The van der Waals surface area contributed by atoms with Gasteiger partial charge in [0.2, 0.25) is 0 Å². The van der Waals surface area contributed by atoms with E-state index in [1.165, 1.54) is 18.6 Å². The Hall–Kier alpha value is -2.67. The minimum absolute atomic E-state index is 0.108. The highest BCUT2D eigenvalue weighted by molar-refractivity contribution is 5.91. The fourth-order valence-corrected chi connectivity index (χ4v) is 3.96. The maximum absolute atomic E-state index is 13.9. The number of hydrogen-bond donors (Lipinski definition) is 2. The molecule has 154 valence electrons. The average molecular weight is 403 g/mol. The second kappa shape index (κ2) is 7.99. The molecule has 1 fully saturated rings. The summed E-state index contributed by atoms with van der Waals surface area (Å²) >= 11 is 0. The first kappa shape index (κ1) is 19.6. The molecule has 3 N–H and O–H groups in total. The third kappa shape index (κ3) is 4.34. The highest BCUT2D eigenvalue weighted by Gasteiger charge is 2.42. The zero-order chi connectivity index (χ0) is 20.4. The number of halogens is 2. The van der Waals surface area contributed by atoms with Crippen molar-refractivity contribution in [1.82, 2.24) is 0 Å². The number of quaternary nitrogens is 1. The normalized spacial score (nSPS) is 17.9. The van der Waals surface area contributed by atoms with Crippen LogP contribution in [0.3, 0.4) is 0 Å². The molecule has 0 bridgehead atoms. The van der Waals surface area contributed by atoms with Crippen LogP contribution in [0.4, 0.5) is 14.5 Å². The van der Waals surface area contributed by atoms with E-state index in [0.717, 1.165) is 31.7 Å². The predicted molar refractivity (Wildman–Crippen MR) is 104 cm³/mol. The maximum Gasteiger partial charge on any atom is 0.279 e. The summed E-state index contributed by atoms with van der Waals surface area (Å²) in [6.07, 6.45) is 5.11. The smallest absolute Gasteiger partial charge is 0.279 e. The summed E-state index contributed by atoms with van der Waals surface area (Å²) in [4.78, 5) is 12.3. The van der Waals surface area contributed by atoms with Crippen LogP contribution in [0.25, 0.3) is 0 Å². The Labute approximate surface area is 168 Å². The van der Waals surface area contributed by atoms with Gasteiger partial charge in [-0.2, -0.15) is 0 Å². The Morgan fingerprint density at radius 2 is 1.86 bits per heavy atom. The molecule has 1 spiro atoms. The molecule has 4 rings (SSSR count). The average Bonchev–Trinajstić information content (AvgIpc) is 3.03. The summed E-state index contributed by atoms with van der Waals surface area (Å²) in [5.74, 6) is -0.639. The van der Waals surface area contributed by atoms with Gasteiger partial charge in [-0.3, -0.25) is 4.79 Å². The van der Waals surface area contributed by atoms with Crippen LogP contribution in [0.15, 0.2) is 36.4 Å². The predicted octanol–water partition coefficient (Wildman–Crippen LogP) is 3.66. The van der Waals surface area contributed by atoms with Crippen molar-refractivity contribution in [3.05, 3.63) is 53.6 Å². The van der Waals surface area contributed by atoms with Gasteiger partial charge in [-0.1, -0.05) is 6.42 Å². The number of hydrogen-bond acceptors (Lipinski definition) is 3. The van der Waals surface area contributed by atoms with E-state index in [9.17, 15) is 13.6 Å². The number of fused-ring (bicyclic) bond motifs is 1. The molecule has 2 aliphatic rings. The summed E-state index contributed by atoms with van der Waals surface area (Å²) in [5, 5.41) is 4.54. The molecule has 1 saturated carbocycles. The van der Waals surface area contributed by atoms with Crippen LogP contribution in [0.2, 0.25) is 0 Å². The van der Waals surface area contributed by atoms with E-state index in [1.54, 1.807) is 24.4 Å². The first-order chi connectivity index (χ1) is 13.9. The van der Waals surface area contributed by atoms with Crippen molar-refractivity contribution in [3.63, 3.8) is 0 Å². The number of nitrogens with two attached hydrogens (primary N) is 1. The molecule has 0 aromatic heterocycles. The molecule has 0 radical (unpaired) electrons. The van der Waals surface area contributed by atoms with Crippen LogP contribution in [0, 0.1) is 11.6 Å². The molecule has 1 amide bonds. The lowest BCUT2D eigenvalue weighted by molar-refractivity contribution is -0.682. The van der Waals surface area contributed by atoms with Gasteiger partial charge in [0.05, 0.1) is 0 Å². The van der Waals surface area contributed by atoms with Gasteiger partial charge < -0.3 is 20.1 Å². The molecule has 5 nitrogen and oxygen atoms in total. The summed E-state index contributed by atoms with van der Waals surface area (Å²) in [7, 11) is 0. The van der Waals surface area contributed by atoms with Crippen molar-refractivity contribution in [2.75, 3.05) is 11.9 Å². The fourth-order valence-electron chi connectivity index (χ4n) is 3.96. The molecule has 0 saturated heterocycles. The minimum Gasteiger partial charge on any atom is -0.448 e. The van der Waals surface area contributed by atoms with Gasteiger partial charge in [-0.25, -0.2) is 8.78 Å². The van der Waals surface area contributed by atoms with Crippen LogP contribution < -0.4 is 20.1 Å². The molecular weight excluding hydrogens is 378 g/mol. The third-order valence-corrected chi connectivity index (χ3v) is 5.54. The van der Waals surface area contributed by atoms with Crippen molar-refractivity contribution in [2.45, 2.75) is 50.9 Å². The number of nitrogens with one attached hydrogen (secondary N) is 1. The Bertz CT molecular complexity index is 913. The number of benzene rings is 2. The zero-order valence-electron chi connectivity index (χ0n) is 16.3. The fraction of sp³-hybridized carbons (Fsp3) is 0.409. The zero-order valence-corrected chi connectivity index (χ0v) is 16.3. The number of ether oxygens (including phenoxy) is 2. The largest absolute Gasteiger partial charge is 0.448 e. The molecule has 1 atom stereocenters. The molecule has 2 aromatic rings. The van der Waals surface area contributed by atoms with E-state index in [-0.39, 0.29) is 18.5 Å². The molecule has 2 aromatic carbocycles. The molecule has 1 heterocycles. The van der Waals surface area contributed by atoms with E-state index in [0.29, 0.717) is 22.7 Å². The van der Waals surface area contributed by atoms with Crippen LogP contribution in [0.1, 0.15) is 50.6 Å². The van der Waals surface area contributed by atoms with Crippen LogP contribution in [-0.4, -0.2) is 18.2 Å². The Kier molecular flexibility index (Phi) is 5.41. The Morgan fingerprint density at radius 1 is 1.10 bits per heavy atom. The van der Waals surface area contributed by atoms with Gasteiger partial charge in [-0.05, 0) is 44.0 Å². The Balaban J connectivity index is 1.33. The molecule has 7 heteroatoms. The van der Waals surface area contributed by atoms with Gasteiger partial charge in [0.1, 0.15) is 17.7 Å². The van der Waals surface area contributed by atoms with E-state index in [4.69, 9.17) is 9.47 Å². The topological polar surface area (TPSA) is 64.2 Å². The quantitative estimate of drug-likeness (QED) is 0.801. The lowest BCUT2D eigenvalue weighted by Gasteiger charge is -2.31. The standard InChI is InChI=1S/C22H24F2N2O3/c1-14(17-7-5-15(23)11-18(17)24)25-13-21(27)26-16-6-8-19-20(12-16)29-22(28-19)9-3-2-4-10-22/h5-8,11-12,14,25H,2-4,9-10,13H2,1H3,(H,26,27)/p+1/t14-/m1/s1. The lowest BCUT2D eigenvalue weighted by atomic mass is 9.94. The molecular formula is C22H25F2N2O3+. The third-order valence-electron chi connectivity index (χ3n) is 5.54. The van der Waals surface area contributed by atoms with Gasteiger partial charge in [0, 0.05) is 36.2 Å². The summed E-state index contributed by atoms with van der Waals surface area (Å²) in [6, 6.07) is 8.53. The number of rotatable bonds is 5. The number of carbonyl (C=O) groups excluding carboxylic acids is 1. The molecule has 1 aliphatic carbocycles. The highest BCUT2D eigenvalue weighted by atomic mass is 19.1. The number of anilines is 1. The van der Waals surface area contributed by atoms with Gasteiger partial charge in [-0.15, -0.1) is 0 Å². The monoisotopic (exact) mass is 403 g/mol. The van der Waals surface area contributed by atoms with E-state index >= 15 is 0 Å². The lowest BCUT2D eigenvalue weighted by Crippen LogP contribution is -2.86. The van der Waals surface area contributed by atoms with Crippen LogP contribution >= 0.6 is 0 Å². The first-order valence-electron chi connectivity index (χ1n) is 10.0. The SMILES string of the molecule is C[C@@H]([NH2+]CC(=O)Nc1ccc2c(c1)OC1(CCCCC1)O2)c1ccc(F)cc1F. The van der Waals surface area contributed by atoms with Crippen LogP contribution in [0.5, 0.6) is 11.5 Å². The van der Waals surface area contributed by atoms with Gasteiger partial charge in [0.25, 0.3) is 11.7 Å².